The highest BCUT2D eigenvalue weighted by atomic mass is 16.7. The zero-order valence-electron chi connectivity index (χ0n) is 18.6. The van der Waals surface area contributed by atoms with Crippen molar-refractivity contribution in [2.75, 3.05) is 0 Å². The lowest BCUT2D eigenvalue weighted by atomic mass is 9.74. The highest BCUT2D eigenvalue weighted by molar-refractivity contribution is 5.65. The van der Waals surface area contributed by atoms with Gasteiger partial charge in [-0.05, 0) is 42.9 Å². The van der Waals surface area contributed by atoms with E-state index < -0.39 is 5.79 Å². The second kappa shape index (κ2) is 6.94. The molecule has 5 heteroatoms. The molecule has 1 fully saturated rings. The van der Waals surface area contributed by atoms with Crippen LogP contribution in [-0.4, -0.2) is 28.4 Å². The molecule has 28 heavy (non-hydrogen) atoms. The van der Waals surface area contributed by atoms with Gasteiger partial charge in [0.25, 0.3) is 5.79 Å². The molecule has 3 rings (SSSR count). The fourth-order valence-electron chi connectivity index (χ4n) is 4.57. The van der Waals surface area contributed by atoms with Gasteiger partial charge >= 0.3 is 5.97 Å². The molecule has 1 saturated heterocycles. The first kappa shape index (κ1) is 21.0. The minimum Gasteiger partial charge on any atom is -0.448 e. The van der Waals surface area contributed by atoms with Crippen LogP contribution in [0.2, 0.25) is 0 Å². The summed E-state index contributed by atoms with van der Waals surface area (Å²) < 4.78 is 13.1. The highest BCUT2D eigenvalue weighted by Crippen LogP contribution is 2.53. The fraction of sp³-hybridized carbons (Fsp3) is 0.696. The van der Waals surface area contributed by atoms with E-state index >= 15 is 0 Å². The maximum atomic E-state index is 11.8. The SMILES string of the molecule is CCC1C(C)C2(CC(C)(CC)N1OC(C)=O)Oc1ccc(C(C)(C)C)cc1O2. The molecule has 1 spiro atoms. The van der Waals surface area contributed by atoms with Crippen LogP contribution in [0.3, 0.4) is 0 Å². The summed E-state index contributed by atoms with van der Waals surface area (Å²) in [5, 5.41) is 1.90. The Kier molecular flexibility index (Phi) is 5.20. The van der Waals surface area contributed by atoms with Gasteiger partial charge in [0.2, 0.25) is 0 Å². The largest absolute Gasteiger partial charge is 0.448 e. The third-order valence-corrected chi connectivity index (χ3v) is 6.51. The number of hydroxylamine groups is 2. The molecule has 1 aromatic carbocycles. The maximum Gasteiger partial charge on any atom is 0.322 e. The van der Waals surface area contributed by atoms with Gasteiger partial charge in [-0.2, -0.15) is 0 Å². The Balaban J connectivity index is 1.99. The number of carbonyl (C=O) groups excluding carboxylic acids is 1. The Morgan fingerprint density at radius 2 is 1.89 bits per heavy atom. The van der Waals surface area contributed by atoms with Gasteiger partial charge in [-0.3, -0.25) is 4.79 Å². The lowest BCUT2D eigenvalue weighted by Crippen LogP contribution is -2.68. The summed E-state index contributed by atoms with van der Waals surface area (Å²) in [4.78, 5) is 17.5. The minimum absolute atomic E-state index is 0.0130. The monoisotopic (exact) mass is 389 g/mol. The average molecular weight is 390 g/mol. The van der Waals surface area contributed by atoms with Crippen LogP contribution in [0.15, 0.2) is 18.2 Å². The van der Waals surface area contributed by atoms with Crippen molar-refractivity contribution in [2.45, 2.75) is 97.4 Å². The smallest absolute Gasteiger partial charge is 0.322 e. The molecule has 156 valence electrons. The summed E-state index contributed by atoms with van der Waals surface area (Å²) >= 11 is 0. The average Bonchev–Trinajstić information content (AvgIpc) is 2.97. The standard InChI is InChI=1S/C23H35NO4/c1-9-18-15(3)23(14-22(8,10-2)24(18)28-16(4)25)26-19-12-11-17(21(5,6)7)13-20(19)27-23/h11-13,15,18H,9-10,14H2,1-8H3. The van der Waals surface area contributed by atoms with Crippen LogP contribution in [0.5, 0.6) is 11.5 Å². The summed E-state index contributed by atoms with van der Waals surface area (Å²) in [6.07, 6.45) is 2.28. The third kappa shape index (κ3) is 3.38. The first-order valence-corrected chi connectivity index (χ1v) is 10.5. The molecule has 0 amide bonds. The lowest BCUT2D eigenvalue weighted by Gasteiger charge is -2.55. The zero-order chi connectivity index (χ0) is 20.9. The van der Waals surface area contributed by atoms with E-state index in [0.717, 1.165) is 24.3 Å². The number of rotatable bonds is 3. The zero-order valence-corrected chi connectivity index (χ0v) is 18.6. The molecular formula is C23H35NO4. The Morgan fingerprint density at radius 3 is 2.43 bits per heavy atom. The number of hydrogen-bond acceptors (Lipinski definition) is 5. The highest BCUT2D eigenvalue weighted by Gasteiger charge is 2.61. The molecular weight excluding hydrogens is 354 g/mol. The van der Waals surface area contributed by atoms with E-state index in [1.54, 1.807) is 0 Å². The van der Waals surface area contributed by atoms with Crippen molar-refractivity contribution < 1.29 is 19.1 Å². The molecule has 1 aromatic rings. The van der Waals surface area contributed by atoms with Gasteiger partial charge in [0.1, 0.15) is 0 Å². The lowest BCUT2D eigenvalue weighted by molar-refractivity contribution is -0.305. The van der Waals surface area contributed by atoms with Crippen LogP contribution in [0, 0.1) is 5.92 Å². The second-order valence-electron chi connectivity index (χ2n) is 9.63. The quantitative estimate of drug-likeness (QED) is 0.709. The molecule has 0 aliphatic carbocycles. The molecule has 4 unspecified atom stereocenters. The van der Waals surface area contributed by atoms with Crippen LogP contribution in [0.25, 0.3) is 0 Å². The van der Waals surface area contributed by atoms with Crippen LogP contribution in [-0.2, 0) is 15.0 Å². The molecule has 5 nitrogen and oxygen atoms in total. The molecule has 0 bridgehead atoms. The van der Waals surface area contributed by atoms with Crippen molar-refractivity contribution in [1.82, 2.24) is 5.06 Å². The molecule has 0 N–H and O–H groups in total. The summed E-state index contributed by atoms with van der Waals surface area (Å²) in [6.45, 7) is 16.5. The molecule has 2 heterocycles. The fourth-order valence-corrected chi connectivity index (χ4v) is 4.57. The van der Waals surface area contributed by atoms with Crippen molar-refractivity contribution in [3.05, 3.63) is 23.8 Å². The number of carbonyl (C=O) groups is 1. The topological polar surface area (TPSA) is 48.0 Å². The second-order valence-corrected chi connectivity index (χ2v) is 9.63. The summed E-state index contributed by atoms with van der Waals surface area (Å²) in [6, 6.07) is 6.27. The van der Waals surface area contributed by atoms with Gasteiger partial charge < -0.3 is 14.3 Å². The number of ether oxygens (including phenoxy) is 2. The van der Waals surface area contributed by atoms with Crippen molar-refractivity contribution in [3.8, 4) is 11.5 Å². The molecule has 4 atom stereocenters. The van der Waals surface area contributed by atoms with Gasteiger partial charge in [-0.25, -0.2) is 0 Å². The van der Waals surface area contributed by atoms with Gasteiger partial charge in [0.05, 0.1) is 17.5 Å². The first-order chi connectivity index (χ1) is 13.0. The van der Waals surface area contributed by atoms with E-state index in [1.165, 1.54) is 12.5 Å². The van der Waals surface area contributed by atoms with Crippen LogP contribution >= 0.6 is 0 Å². The van der Waals surface area contributed by atoms with Gasteiger partial charge in [-0.1, -0.05) is 47.6 Å². The molecule has 2 aliphatic rings. The van der Waals surface area contributed by atoms with Crippen molar-refractivity contribution in [3.63, 3.8) is 0 Å². The van der Waals surface area contributed by atoms with Crippen molar-refractivity contribution >= 4 is 5.97 Å². The Labute approximate surface area is 169 Å². The number of nitrogens with zero attached hydrogens (tertiary/aromatic N) is 1. The summed E-state index contributed by atoms with van der Waals surface area (Å²) in [5.74, 6) is 0.609. The van der Waals surface area contributed by atoms with E-state index in [4.69, 9.17) is 14.3 Å². The maximum absolute atomic E-state index is 11.8. The Hall–Kier alpha value is -1.75. The summed E-state index contributed by atoms with van der Waals surface area (Å²) in [7, 11) is 0. The number of hydrogen-bond donors (Lipinski definition) is 0. The van der Waals surface area contributed by atoms with Crippen LogP contribution in [0.4, 0.5) is 0 Å². The molecule has 0 saturated carbocycles. The van der Waals surface area contributed by atoms with Gasteiger partial charge in [0, 0.05) is 13.3 Å². The van der Waals surface area contributed by atoms with E-state index in [2.05, 4.69) is 60.6 Å². The number of piperidine rings is 1. The minimum atomic E-state index is -0.749. The molecule has 2 aliphatic heterocycles. The van der Waals surface area contributed by atoms with Crippen LogP contribution < -0.4 is 9.47 Å². The number of fused-ring (bicyclic) bond motifs is 1. The normalized spacial score (nSPS) is 32.6. The Morgan fingerprint density at radius 1 is 1.25 bits per heavy atom. The Bertz CT molecular complexity index is 755. The third-order valence-electron chi connectivity index (χ3n) is 6.51. The summed E-state index contributed by atoms with van der Waals surface area (Å²) in [5.41, 5.74) is 0.901. The van der Waals surface area contributed by atoms with Gasteiger partial charge in [-0.15, -0.1) is 5.06 Å². The first-order valence-electron chi connectivity index (χ1n) is 10.5. The molecule has 0 aromatic heterocycles. The van der Waals surface area contributed by atoms with E-state index in [0.29, 0.717) is 6.42 Å². The van der Waals surface area contributed by atoms with E-state index in [1.807, 2.05) is 11.1 Å². The molecule has 0 radical (unpaired) electrons. The van der Waals surface area contributed by atoms with E-state index in [9.17, 15) is 4.79 Å². The predicted octanol–water partition coefficient (Wildman–Crippen LogP) is 5.22. The number of benzene rings is 1. The van der Waals surface area contributed by atoms with Crippen LogP contribution in [0.1, 0.15) is 80.2 Å². The van der Waals surface area contributed by atoms with E-state index in [-0.39, 0.29) is 28.9 Å². The van der Waals surface area contributed by atoms with Crippen molar-refractivity contribution in [2.24, 2.45) is 5.92 Å². The van der Waals surface area contributed by atoms with Crippen molar-refractivity contribution in [1.29, 1.82) is 0 Å². The predicted molar refractivity (Wildman–Crippen MR) is 109 cm³/mol. The van der Waals surface area contributed by atoms with Gasteiger partial charge in [0.15, 0.2) is 11.5 Å².